The third kappa shape index (κ3) is 3.35. The van der Waals surface area contributed by atoms with Crippen LogP contribution in [0.2, 0.25) is 0 Å². The maximum Gasteiger partial charge on any atom is 0.0892 e. The normalized spacial score (nSPS) is 25.8. The van der Waals surface area contributed by atoms with E-state index >= 15 is 0 Å². The highest BCUT2D eigenvalue weighted by atomic mass is 16.6. The predicted octanol–water partition coefficient (Wildman–Crippen LogP) is 3.47. The summed E-state index contributed by atoms with van der Waals surface area (Å²) in [5.41, 5.74) is 1.60. The van der Waals surface area contributed by atoms with E-state index in [0.717, 1.165) is 19.3 Å². The fourth-order valence-corrected chi connectivity index (χ4v) is 1.48. The summed E-state index contributed by atoms with van der Waals surface area (Å²) in [6.07, 6.45) is 7.96. The lowest BCUT2D eigenvalue weighted by Gasteiger charge is -1.99. The van der Waals surface area contributed by atoms with E-state index in [2.05, 4.69) is 33.4 Å². The molecule has 1 aliphatic heterocycles. The van der Waals surface area contributed by atoms with Gasteiger partial charge in [-0.2, -0.15) is 0 Å². The number of allylic oxidation sites excluding steroid dienone is 3. The number of hydrogen-bond donors (Lipinski definition) is 0. The molecule has 1 fully saturated rings. The Hall–Kier alpha value is -0.560. The third-order valence-corrected chi connectivity index (χ3v) is 2.60. The van der Waals surface area contributed by atoms with Gasteiger partial charge in [-0.15, -0.1) is 6.58 Å². The molecular formula is C12H20O. The first-order chi connectivity index (χ1) is 6.06. The van der Waals surface area contributed by atoms with Crippen LogP contribution in [0, 0.1) is 0 Å². The highest BCUT2D eigenvalue weighted by Gasteiger charge is 2.46. The lowest BCUT2D eigenvalue weighted by Crippen LogP contribution is -2.02. The summed E-state index contributed by atoms with van der Waals surface area (Å²) >= 11 is 0. The van der Waals surface area contributed by atoms with E-state index in [1.165, 1.54) is 5.57 Å². The predicted molar refractivity (Wildman–Crippen MR) is 56.8 cm³/mol. The van der Waals surface area contributed by atoms with E-state index in [-0.39, 0.29) is 5.60 Å². The van der Waals surface area contributed by atoms with Crippen molar-refractivity contribution in [3.8, 4) is 0 Å². The molecule has 1 atom stereocenters. The average Bonchev–Trinajstić information content (AvgIpc) is 2.67. The van der Waals surface area contributed by atoms with Gasteiger partial charge < -0.3 is 4.74 Å². The van der Waals surface area contributed by atoms with Crippen LogP contribution >= 0.6 is 0 Å². The van der Waals surface area contributed by atoms with Crippen molar-refractivity contribution >= 4 is 0 Å². The smallest absolute Gasteiger partial charge is 0.0892 e. The SMILES string of the molecule is C=CC/C=C(\C)CCC1OC1(C)C. The minimum absolute atomic E-state index is 0.152. The van der Waals surface area contributed by atoms with Crippen molar-refractivity contribution in [2.45, 2.75) is 51.7 Å². The molecule has 1 nitrogen and oxygen atoms in total. The van der Waals surface area contributed by atoms with Gasteiger partial charge in [-0.25, -0.2) is 0 Å². The Morgan fingerprint density at radius 3 is 2.62 bits per heavy atom. The van der Waals surface area contributed by atoms with Crippen LogP contribution in [0.5, 0.6) is 0 Å². The van der Waals surface area contributed by atoms with Crippen molar-refractivity contribution in [1.29, 1.82) is 0 Å². The van der Waals surface area contributed by atoms with E-state index in [1.807, 2.05) is 6.08 Å². The zero-order chi connectivity index (χ0) is 9.90. The van der Waals surface area contributed by atoms with Gasteiger partial charge in [-0.3, -0.25) is 0 Å². The Bertz CT molecular complexity index is 213. The molecular weight excluding hydrogens is 160 g/mol. The van der Waals surface area contributed by atoms with Gasteiger partial charge in [-0.05, 0) is 40.0 Å². The van der Waals surface area contributed by atoms with Crippen LogP contribution in [0.1, 0.15) is 40.0 Å². The lowest BCUT2D eigenvalue weighted by atomic mass is 10.0. The Labute approximate surface area is 81.5 Å². The van der Waals surface area contributed by atoms with Gasteiger partial charge in [-0.1, -0.05) is 17.7 Å². The molecule has 0 saturated carbocycles. The van der Waals surface area contributed by atoms with E-state index in [0.29, 0.717) is 6.10 Å². The summed E-state index contributed by atoms with van der Waals surface area (Å²) in [6, 6.07) is 0. The minimum atomic E-state index is 0.152. The molecule has 0 aliphatic carbocycles. The van der Waals surface area contributed by atoms with Crippen molar-refractivity contribution in [3.05, 3.63) is 24.3 Å². The first kappa shape index (κ1) is 10.5. The highest BCUT2D eigenvalue weighted by Crippen LogP contribution is 2.38. The summed E-state index contributed by atoms with van der Waals surface area (Å²) in [4.78, 5) is 0. The summed E-state index contributed by atoms with van der Waals surface area (Å²) < 4.78 is 5.51. The van der Waals surface area contributed by atoms with Gasteiger partial charge in [0.2, 0.25) is 0 Å². The van der Waals surface area contributed by atoms with Crippen LogP contribution in [-0.4, -0.2) is 11.7 Å². The van der Waals surface area contributed by atoms with E-state index in [9.17, 15) is 0 Å². The molecule has 74 valence electrons. The molecule has 0 aromatic rings. The zero-order valence-corrected chi connectivity index (χ0v) is 8.97. The van der Waals surface area contributed by atoms with Crippen LogP contribution in [-0.2, 0) is 4.74 Å². The standard InChI is InChI=1S/C12H20O/c1-5-6-7-10(2)8-9-11-12(3,4)13-11/h5,7,11H,1,6,8-9H2,2-4H3/b10-7+. The fourth-order valence-electron chi connectivity index (χ4n) is 1.48. The molecule has 0 bridgehead atoms. The van der Waals surface area contributed by atoms with Gasteiger partial charge in [0.05, 0.1) is 11.7 Å². The molecule has 0 spiro atoms. The highest BCUT2D eigenvalue weighted by molar-refractivity contribution is 5.04. The van der Waals surface area contributed by atoms with Gasteiger partial charge in [0, 0.05) is 0 Å². The molecule has 1 aliphatic rings. The molecule has 0 radical (unpaired) electrons. The van der Waals surface area contributed by atoms with E-state index < -0.39 is 0 Å². The maximum atomic E-state index is 5.51. The molecule has 0 aromatic carbocycles. The third-order valence-electron chi connectivity index (χ3n) is 2.60. The molecule has 0 amide bonds. The molecule has 0 aromatic heterocycles. The Kier molecular flexibility index (Phi) is 3.32. The van der Waals surface area contributed by atoms with Gasteiger partial charge in [0.25, 0.3) is 0 Å². The van der Waals surface area contributed by atoms with Crippen LogP contribution in [0.3, 0.4) is 0 Å². The van der Waals surface area contributed by atoms with Crippen LogP contribution in [0.4, 0.5) is 0 Å². The Morgan fingerprint density at radius 1 is 1.54 bits per heavy atom. The summed E-state index contributed by atoms with van der Waals surface area (Å²) in [5.74, 6) is 0. The van der Waals surface area contributed by atoms with Crippen molar-refractivity contribution in [2.24, 2.45) is 0 Å². The molecule has 13 heavy (non-hydrogen) atoms. The summed E-state index contributed by atoms with van der Waals surface area (Å²) in [7, 11) is 0. The van der Waals surface area contributed by atoms with Gasteiger partial charge >= 0.3 is 0 Å². The summed E-state index contributed by atoms with van der Waals surface area (Å²) in [6.45, 7) is 10.2. The molecule has 1 unspecified atom stereocenters. The van der Waals surface area contributed by atoms with Crippen LogP contribution in [0.15, 0.2) is 24.3 Å². The second-order valence-corrected chi connectivity index (χ2v) is 4.32. The van der Waals surface area contributed by atoms with E-state index in [1.54, 1.807) is 0 Å². The Balaban J connectivity index is 2.16. The summed E-state index contributed by atoms with van der Waals surface area (Å²) in [5, 5.41) is 0. The van der Waals surface area contributed by atoms with Crippen molar-refractivity contribution < 1.29 is 4.74 Å². The Morgan fingerprint density at radius 2 is 2.15 bits per heavy atom. The number of hydrogen-bond acceptors (Lipinski definition) is 1. The van der Waals surface area contributed by atoms with Crippen molar-refractivity contribution in [1.82, 2.24) is 0 Å². The molecule has 1 heteroatoms. The number of epoxide rings is 1. The molecule has 1 rings (SSSR count). The van der Waals surface area contributed by atoms with Gasteiger partial charge in [0.1, 0.15) is 0 Å². The second-order valence-electron chi connectivity index (χ2n) is 4.32. The van der Waals surface area contributed by atoms with Crippen molar-refractivity contribution in [3.63, 3.8) is 0 Å². The zero-order valence-electron chi connectivity index (χ0n) is 8.97. The van der Waals surface area contributed by atoms with Crippen LogP contribution in [0.25, 0.3) is 0 Å². The topological polar surface area (TPSA) is 12.5 Å². The minimum Gasteiger partial charge on any atom is -0.367 e. The second kappa shape index (κ2) is 4.10. The fraction of sp³-hybridized carbons (Fsp3) is 0.667. The number of ether oxygens (including phenoxy) is 1. The van der Waals surface area contributed by atoms with Crippen LogP contribution < -0.4 is 0 Å². The largest absolute Gasteiger partial charge is 0.367 e. The number of rotatable bonds is 5. The monoisotopic (exact) mass is 180 g/mol. The maximum absolute atomic E-state index is 5.51. The lowest BCUT2D eigenvalue weighted by molar-refractivity contribution is 0.320. The van der Waals surface area contributed by atoms with Gasteiger partial charge in [0.15, 0.2) is 0 Å². The first-order valence-corrected chi connectivity index (χ1v) is 5.00. The quantitative estimate of drug-likeness (QED) is 0.466. The molecule has 1 saturated heterocycles. The van der Waals surface area contributed by atoms with E-state index in [4.69, 9.17) is 4.74 Å². The molecule has 0 N–H and O–H groups in total. The molecule has 1 heterocycles. The van der Waals surface area contributed by atoms with Crippen molar-refractivity contribution in [2.75, 3.05) is 0 Å². The average molecular weight is 180 g/mol. The first-order valence-electron chi connectivity index (χ1n) is 5.00.